The van der Waals surface area contributed by atoms with Gasteiger partial charge in [0.05, 0.1) is 26.2 Å². The van der Waals surface area contributed by atoms with Crippen LogP contribution in [0.3, 0.4) is 0 Å². The van der Waals surface area contributed by atoms with Crippen LogP contribution in [0.2, 0.25) is 0 Å². The molecule has 0 aliphatic carbocycles. The number of nitrogens with zero attached hydrogens (tertiary/aromatic N) is 1. The molecule has 0 saturated heterocycles. The summed E-state index contributed by atoms with van der Waals surface area (Å²) < 4.78 is 49.1. The number of carbonyl (C=O) groups excluding carboxylic acids is 1. The van der Waals surface area contributed by atoms with Crippen molar-refractivity contribution in [2.45, 2.75) is 32.2 Å². The number of aryl methyl sites for hydroxylation is 1. The highest BCUT2D eigenvalue weighted by molar-refractivity contribution is 7.89. The van der Waals surface area contributed by atoms with Gasteiger partial charge in [0.2, 0.25) is 15.8 Å². The fourth-order valence-corrected chi connectivity index (χ4v) is 4.45. The minimum atomic E-state index is -3.60. The van der Waals surface area contributed by atoms with E-state index in [2.05, 4.69) is 4.72 Å². The van der Waals surface area contributed by atoms with Crippen LogP contribution in [0.5, 0.6) is 23.0 Å². The van der Waals surface area contributed by atoms with Crippen molar-refractivity contribution in [1.29, 1.82) is 0 Å². The Balaban J connectivity index is 2.04. The van der Waals surface area contributed by atoms with Gasteiger partial charge in [-0.3, -0.25) is 4.79 Å². The predicted octanol–water partition coefficient (Wildman–Crippen LogP) is 2.99. The molecule has 0 unspecified atom stereocenters. The van der Waals surface area contributed by atoms with E-state index in [-0.39, 0.29) is 23.3 Å². The molecule has 9 nitrogen and oxygen atoms in total. The summed E-state index contributed by atoms with van der Waals surface area (Å²) in [6.45, 7) is 6.06. The molecule has 0 spiro atoms. The van der Waals surface area contributed by atoms with Crippen molar-refractivity contribution in [1.82, 2.24) is 9.62 Å². The first kappa shape index (κ1) is 27.3. The van der Waals surface area contributed by atoms with Crippen LogP contribution in [0.25, 0.3) is 0 Å². The van der Waals surface area contributed by atoms with Gasteiger partial charge in [-0.05, 0) is 54.3 Å². The van der Waals surface area contributed by atoms with Crippen LogP contribution in [0, 0.1) is 12.8 Å². The number of methoxy groups -OCH3 is 3. The van der Waals surface area contributed by atoms with E-state index in [1.165, 1.54) is 38.4 Å². The second-order valence-corrected chi connectivity index (χ2v) is 10.0. The number of likely N-dealkylation sites (N-methyl/N-ethyl adjacent to an activating group) is 1. The maximum Gasteiger partial charge on any atom is 0.260 e. The van der Waals surface area contributed by atoms with Crippen LogP contribution >= 0.6 is 0 Å². The van der Waals surface area contributed by atoms with E-state index in [4.69, 9.17) is 18.9 Å². The Bertz CT molecular complexity index is 1080. The Kier molecular flexibility index (Phi) is 9.57. The molecule has 0 saturated carbocycles. The highest BCUT2D eigenvalue weighted by Crippen LogP contribution is 2.38. The lowest BCUT2D eigenvalue weighted by molar-refractivity contribution is -0.132. The highest BCUT2D eigenvalue weighted by atomic mass is 32.2. The van der Waals surface area contributed by atoms with Gasteiger partial charge in [0.25, 0.3) is 5.91 Å². The maximum absolute atomic E-state index is 12.6. The summed E-state index contributed by atoms with van der Waals surface area (Å²) >= 11 is 0. The summed E-state index contributed by atoms with van der Waals surface area (Å²) in [5.74, 6) is 1.87. The Hall–Kier alpha value is -2.98. The first-order valence-electron chi connectivity index (χ1n) is 10.8. The van der Waals surface area contributed by atoms with Gasteiger partial charge in [0, 0.05) is 20.1 Å². The van der Waals surface area contributed by atoms with Gasteiger partial charge in [-0.1, -0.05) is 13.8 Å². The van der Waals surface area contributed by atoms with Crippen LogP contribution in [-0.4, -0.2) is 60.8 Å². The maximum atomic E-state index is 12.6. The molecule has 0 fully saturated rings. The van der Waals surface area contributed by atoms with Crippen molar-refractivity contribution in [3.63, 3.8) is 0 Å². The second kappa shape index (κ2) is 11.9. The largest absolute Gasteiger partial charge is 0.493 e. The number of sulfonamides is 1. The summed E-state index contributed by atoms with van der Waals surface area (Å²) in [5.41, 5.74) is 1.41. The van der Waals surface area contributed by atoms with Crippen LogP contribution in [0.15, 0.2) is 35.2 Å². The molecule has 188 valence electrons. The average Bonchev–Trinajstić information content (AvgIpc) is 2.80. The lowest BCUT2D eigenvalue weighted by Gasteiger charge is -2.20. The Morgan fingerprint density at radius 1 is 1.00 bits per heavy atom. The Morgan fingerprint density at radius 3 is 2.12 bits per heavy atom. The quantitative estimate of drug-likeness (QED) is 0.484. The third-order valence-electron chi connectivity index (χ3n) is 5.06. The van der Waals surface area contributed by atoms with E-state index in [1.54, 1.807) is 32.2 Å². The summed E-state index contributed by atoms with van der Waals surface area (Å²) in [4.78, 5) is 14.3. The SMILES string of the molecule is COc1cc(CN(C)C(=O)COc2ccc(S(=O)(=O)NCC(C)C)cc2C)cc(OC)c1OC. The minimum absolute atomic E-state index is 0.156. The van der Waals surface area contributed by atoms with E-state index in [0.29, 0.717) is 41.7 Å². The number of hydrogen-bond donors (Lipinski definition) is 1. The zero-order chi connectivity index (χ0) is 25.5. The highest BCUT2D eigenvalue weighted by Gasteiger charge is 2.18. The molecule has 0 aliphatic rings. The number of ether oxygens (including phenoxy) is 4. The molecule has 0 aromatic heterocycles. The molecule has 1 N–H and O–H groups in total. The van der Waals surface area contributed by atoms with Crippen LogP contribution in [0.1, 0.15) is 25.0 Å². The van der Waals surface area contributed by atoms with Gasteiger partial charge >= 0.3 is 0 Å². The van der Waals surface area contributed by atoms with Crippen molar-refractivity contribution in [3.8, 4) is 23.0 Å². The van der Waals surface area contributed by atoms with Gasteiger partial charge in [0.15, 0.2) is 18.1 Å². The number of carbonyl (C=O) groups is 1. The summed E-state index contributed by atoms with van der Waals surface area (Å²) in [7, 11) is 2.65. The van der Waals surface area contributed by atoms with Crippen molar-refractivity contribution in [2.24, 2.45) is 5.92 Å². The van der Waals surface area contributed by atoms with E-state index in [9.17, 15) is 13.2 Å². The summed E-state index contributed by atoms with van der Waals surface area (Å²) in [5, 5.41) is 0. The molecule has 34 heavy (non-hydrogen) atoms. The number of benzene rings is 2. The first-order valence-corrected chi connectivity index (χ1v) is 12.3. The summed E-state index contributed by atoms with van der Waals surface area (Å²) in [6, 6.07) is 8.12. The molecule has 2 aromatic rings. The average molecular weight is 495 g/mol. The van der Waals surface area contributed by atoms with E-state index >= 15 is 0 Å². The molecule has 0 radical (unpaired) electrons. The topological polar surface area (TPSA) is 103 Å². The molecule has 2 rings (SSSR count). The molecular weight excluding hydrogens is 460 g/mol. The van der Waals surface area contributed by atoms with Crippen molar-refractivity contribution >= 4 is 15.9 Å². The number of amides is 1. The van der Waals surface area contributed by atoms with Gasteiger partial charge in [0.1, 0.15) is 5.75 Å². The summed E-state index contributed by atoms with van der Waals surface area (Å²) in [6.07, 6.45) is 0. The van der Waals surface area contributed by atoms with Crippen LogP contribution < -0.4 is 23.7 Å². The number of nitrogens with one attached hydrogen (secondary N) is 1. The smallest absolute Gasteiger partial charge is 0.260 e. The van der Waals surface area contributed by atoms with Crippen molar-refractivity contribution < 1.29 is 32.2 Å². The molecule has 0 bridgehead atoms. The van der Waals surface area contributed by atoms with Crippen LogP contribution in [0.4, 0.5) is 0 Å². The molecule has 1 amide bonds. The second-order valence-electron chi connectivity index (χ2n) is 8.25. The lowest BCUT2D eigenvalue weighted by atomic mass is 10.1. The molecule has 10 heteroatoms. The lowest BCUT2D eigenvalue weighted by Crippen LogP contribution is -2.31. The van der Waals surface area contributed by atoms with Gasteiger partial charge in [-0.25, -0.2) is 13.1 Å². The van der Waals surface area contributed by atoms with E-state index < -0.39 is 10.0 Å². The fourth-order valence-electron chi connectivity index (χ4n) is 3.15. The Morgan fingerprint density at radius 2 is 1.62 bits per heavy atom. The van der Waals surface area contributed by atoms with E-state index in [1.807, 2.05) is 13.8 Å². The van der Waals surface area contributed by atoms with Crippen molar-refractivity contribution in [3.05, 3.63) is 41.5 Å². The Labute approximate surface area is 202 Å². The third-order valence-corrected chi connectivity index (χ3v) is 6.48. The standard InChI is InChI=1S/C24H34N2O7S/c1-16(2)13-25-34(28,29)19-8-9-20(17(3)10-19)33-15-23(27)26(4)14-18-11-21(30-5)24(32-7)22(12-18)31-6/h8-12,16,25H,13-15H2,1-7H3. The molecule has 2 aromatic carbocycles. The monoisotopic (exact) mass is 494 g/mol. The van der Waals surface area contributed by atoms with Crippen molar-refractivity contribution in [2.75, 3.05) is 41.5 Å². The van der Waals surface area contributed by atoms with Gasteiger partial charge in [-0.15, -0.1) is 0 Å². The predicted molar refractivity (Wildman–Crippen MR) is 129 cm³/mol. The fraction of sp³-hybridized carbons (Fsp3) is 0.458. The molecular formula is C24H34N2O7S. The zero-order valence-corrected chi connectivity index (χ0v) is 21.6. The molecule has 0 heterocycles. The first-order chi connectivity index (χ1) is 16.0. The zero-order valence-electron chi connectivity index (χ0n) is 20.8. The number of rotatable bonds is 12. The minimum Gasteiger partial charge on any atom is -0.493 e. The van der Waals surface area contributed by atoms with Gasteiger partial charge in [-0.2, -0.15) is 0 Å². The normalized spacial score (nSPS) is 11.3. The molecule has 0 aliphatic heterocycles. The number of hydrogen-bond acceptors (Lipinski definition) is 7. The molecule has 0 atom stereocenters. The van der Waals surface area contributed by atoms with Gasteiger partial charge < -0.3 is 23.8 Å². The van der Waals surface area contributed by atoms with E-state index in [0.717, 1.165) is 5.56 Å². The van der Waals surface area contributed by atoms with Crippen LogP contribution in [-0.2, 0) is 21.4 Å². The third kappa shape index (κ3) is 7.01.